The highest BCUT2D eigenvalue weighted by atomic mass is 32.2. The summed E-state index contributed by atoms with van der Waals surface area (Å²) in [5.41, 5.74) is -3.15. The highest BCUT2D eigenvalue weighted by Gasteiger charge is 2.31. The van der Waals surface area contributed by atoms with Crippen LogP contribution in [0.1, 0.15) is 31.4 Å². The van der Waals surface area contributed by atoms with E-state index in [-0.39, 0.29) is 33.8 Å². The normalized spacial score (nSPS) is 13.6. The third-order valence-corrected chi connectivity index (χ3v) is 7.85. The lowest BCUT2D eigenvalue weighted by Crippen LogP contribution is -2.41. The second-order valence-corrected chi connectivity index (χ2v) is 11.7. The molecule has 2 aromatic carbocycles. The van der Waals surface area contributed by atoms with Crippen LogP contribution in [0.4, 0.5) is 30.2 Å². The number of nitrogens with zero attached hydrogens (tertiary/aromatic N) is 3. The van der Waals surface area contributed by atoms with Gasteiger partial charge >= 0.3 is 5.69 Å². The molecule has 0 amide bonds. The van der Waals surface area contributed by atoms with Crippen molar-refractivity contribution in [1.82, 2.24) is 13.7 Å². The highest BCUT2D eigenvalue weighted by Crippen LogP contribution is 2.34. The zero-order valence-corrected chi connectivity index (χ0v) is 23.1. The van der Waals surface area contributed by atoms with Crippen LogP contribution in [-0.4, -0.2) is 27.9 Å². The fourth-order valence-electron chi connectivity index (χ4n) is 4.62. The summed E-state index contributed by atoms with van der Waals surface area (Å²) in [6, 6.07) is 9.06. The molecule has 0 aliphatic heterocycles. The maximum absolute atomic E-state index is 14.9. The van der Waals surface area contributed by atoms with E-state index in [0.29, 0.717) is 25.8 Å². The molecule has 5 rings (SSSR count). The standard InChI is InChI=1S/C28H24F3N5O5S/c1-4-12-42(40,41)33-17-6-5-7-19(14-17)35-25-24(26(38)36(27(35)39)18-9-10-18)22(15-23(37)34(25)3)32-21-11-8-16(13-20(21)29)28(2,30)31/h1,5-8,11,13-15,18,32-33H,9-10,12H2,2-3H3. The van der Waals surface area contributed by atoms with Crippen LogP contribution in [-0.2, 0) is 23.0 Å². The van der Waals surface area contributed by atoms with Gasteiger partial charge in [-0.1, -0.05) is 18.1 Å². The molecular weight excluding hydrogens is 575 g/mol. The number of nitrogens with one attached hydrogen (secondary N) is 2. The summed E-state index contributed by atoms with van der Waals surface area (Å²) in [4.78, 5) is 40.6. The van der Waals surface area contributed by atoms with E-state index in [4.69, 9.17) is 6.42 Å². The van der Waals surface area contributed by atoms with E-state index in [1.165, 1.54) is 31.3 Å². The van der Waals surface area contributed by atoms with Gasteiger partial charge in [0.25, 0.3) is 17.0 Å². The van der Waals surface area contributed by atoms with Gasteiger partial charge in [0.15, 0.2) is 0 Å². The van der Waals surface area contributed by atoms with Crippen LogP contribution in [0, 0.1) is 18.2 Å². The van der Waals surface area contributed by atoms with Crippen LogP contribution < -0.4 is 26.8 Å². The van der Waals surface area contributed by atoms with Crippen molar-refractivity contribution in [3.05, 3.63) is 91.1 Å². The number of terminal acetylenes is 1. The van der Waals surface area contributed by atoms with Gasteiger partial charge in [-0.15, -0.1) is 6.42 Å². The molecule has 2 N–H and O–H groups in total. The molecule has 1 aliphatic carbocycles. The van der Waals surface area contributed by atoms with Gasteiger partial charge < -0.3 is 5.32 Å². The number of fused-ring (bicyclic) bond motifs is 1. The molecule has 2 heterocycles. The predicted octanol–water partition coefficient (Wildman–Crippen LogP) is 3.56. The van der Waals surface area contributed by atoms with E-state index >= 15 is 0 Å². The second-order valence-electron chi connectivity index (χ2n) is 10.0. The number of halogens is 3. The van der Waals surface area contributed by atoms with Crippen LogP contribution in [0.5, 0.6) is 0 Å². The second kappa shape index (κ2) is 10.3. The lowest BCUT2D eigenvalue weighted by molar-refractivity contribution is 0.0172. The van der Waals surface area contributed by atoms with Crippen molar-refractivity contribution >= 4 is 38.1 Å². The topological polar surface area (TPSA) is 124 Å². The molecule has 2 aromatic heterocycles. The third kappa shape index (κ3) is 5.30. The Morgan fingerprint density at radius 3 is 2.40 bits per heavy atom. The molecule has 10 nitrogen and oxygen atoms in total. The summed E-state index contributed by atoms with van der Waals surface area (Å²) >= 11 is 0. The number of benzene rings is 2. The van der Waals surface area contributed by atoms with Crippen LogP contribution in [0.2, 0.25) is 0 Å². The maximum atomic E-state index is 14.9. The Bertz CT molecular complexity index is 2090. The van der Waals surface area contributed by atoms with Gasteiger partial charge in [-0.3, -0.25) is 23.4 Å². The number of rotatable bonds is 8. The Morgan fingerprint density at radius 1 is 1.07 bits per heavy atom. The van der Waals surface area contributed by atoms with E-state index in [2.05, 4.69) is 10.0 Å². The Hall–Kier alpha value is -4.77. The molecule has 0 unspecified atom stereocenters. The van der Waals surface area contributed by atoms with Gasteiger partial charge in [-0.2, -0.15) is 0 Å². The van der Waals surface area contributed by atoms with Crippen LogP contribution >= 0.6 is 0 Å². The smallest absolute Gasteiger partial charge is 0.337 e. The Balaban J connectivity index is 1.78. The van der Waals surface area contributed by atoms with Crippen molar-refractivity contribution in [3.63, 3.8) is 0 Å². The number of hydrogen-bond donors (Lipinski definition) is 2. The molecule has 4 aromatic rings. The zero-order chi connectivity index (χ0) is 30.6. The molecule has 218 valence electrons. The van der Waals surface area contributed by atoms with E-state index in [1.807, 2.05) is 5.92 Å². The summed E-state index contributed by atoms with van der Waals surface area (Å²) in [5, 5.41) is 2.52. The van der Waals surface area contributed by atoms with E-state index in [0.717, 1.165) is 31.9 Å². The van der Waals surface area contributed by atoms with Gasteiger partial charge in [0.1, 0.15) is 22.6 Å². The molecule has 1 saturated carbocycles. The summed E-state index contributed by atoms with van der Waals surface area (Å²) in [7, 11) is -2.57. The van der Waals surface area contributed by atoms with Crippen LogP contribution in [0.15, 0.2) is 62.9 Å². The van der Waals surface area contributed by atoms with Crippen LogP contribution in [0.25, 0.3) is 16.7 Å². The number of hydrogen-bond acceptors (Lipinski definition) is 6. The van der Waals surface area contributed by atoms with Crippen molar-refractivity contribution in [1.29, 1.82) is 0 Å². The Kier molecular flexibility index (Phi) is 7.02. The monoisotopic (exact) mass is 599 g/mol. The minimum atomic E-state index is -3.90. The zero-order valence-electron chi connectivity index (χ0n) is 22.3. The first-order valence-corrected chi connectivity index (χ1v) is 14.3. The SMILES string of the molecule is C#CCS(=O)(=O)Nc1cccc(-n2c(=O)n(C3CC3)c(=O)c3c(Nc4ccc(C(C)(F)F)cc4F)cc(=O)n(C)c32)c1. The lowest BCUT2D eigenvalue weighted by atomic mass is 10.1. The van der Waals surface area contributed by atoms with Gasteiger partial charge in [-0.05, 0) is 43.2 Å². The van der Waals surface area contributed by atoms with E-state index in [1.54, 1.807) is 0 Å². The minimum Gasteiger partial charge on any atom is -0.352 e. The predicted molar refractivity (Wildman–Crippen MR) is 153 cm³/mol. The molecule has 0 saturated heterocycles. The van der Waals surface area contributed by atoms with Crippen molar-refractivity contribution in [2.75, 3.05) is 15.8 Å². The van der Waals surface area contributed by atoms with Gasteiger partial charge in [0.05, 0.1) is 22.7 Å². The molecule has 0 bridgehead atoms. The van der Waals surface area contributed by atoms with Gasteiger partial charge in [-0.25, -0.2) is 31.0 Å². The first kappa shape index (κ1) is 28.7. The van der Waals surface area contributed by atoms with Gasteiger partial charge in [0, 0.05) is 31.6 Å². The molecule has 0 spiro atoms. The van der Waals surface area contributed by atoms with E-state index < -0.39 is 55.9 Å². The summed E-state index contributed by atoms with van der Waals surface area (Å²) in [6.45, 7) is 0.623. The number of aromatic nitrogens is 3. The molecule has 14 heteroatoms. The quantitative estimate of drug-likeness (QED) is 0.299. The van der Waals surface area contributed by atoms with Crippen molar-refractivity contribution in [3.8, 4) is 18.0 Å². The Labute approximate surface area is 237 Å². The largest absolute Gasteiger partial charge is 0.352 e. The molecular formula is C28H24F3N5O5S. The molecule has 0 atom stereocenters. The number of sulfonamides is 1. The molecule has 0 radical (unpaired) electrons. The number of aryl methyl sites for hydroxylation is 1. The van der Waals surface area contributed by atoms with Crippen molar-refractivity contribution < 1.29 is 21.6 Å². The Morgan fingerprint density at radius 2 is 1.79 bits per heavy atom. The number of alkyl halides is 2. The molecule has 42 heavy (non-hydrogen) atoms. The number of pyridine rings is 1. The van der Waals surface area contributed by atoms with Crippen molar-refractivity contribution in [2.24, 2.45) is 7.05 Å². The first-order valence-electron chi connectivity index (χ1n) is 12.6. The molecule has 1 aliphatic rings. The van der Waals surface area contributed by atoms with Crippen LogP contribution in [0.3, 0.4) is 0 Å². The fraction of sp³-hybridized carbons (Fsp3) is 0.250. The minimum absolute atomic E-state index is 0.0705. The number of anilines is 3. The average Bonchev–Trinajstić information content (AvgIpc) is 3.72. The highest BCUT2D eigenvalue weighted by molar-refractivity contribution is 7.92. The maximum Gasteiger partial charge on any atom is 0.337 e. The summed E-state index contributed by atoms with van der Waals surface area (Å²) < 4.78 is 72.4. The third-order valence-electron chi connectivity index (χ3n) is 6.76. The molecule has 1 fully saturated rings. The average molecular weight is 600 g/mol. The lowest BCUT2D eigenvalue weighted by Gasteiger charge is -2.19. The summed E-state index contributed by atoms with van der Waals surface area (Å²) in [6.07, 6.45) is 6.22. The fourth-order valence-corrected chi connectivity index (χ4v) is 5.40. The van der Waals surface area contributed by atoms with Gasteiger partial charge in [0.2, 0.25) is 10.0 Å². The summed E-state index contributed by atoms with van der Waals surface area (Å²) in [5.74, 6) is -2.90. The first-order chi connectivity index (χ1) is 19.7. The van der Waals surface area contributed by atoms with E-state index in [9.17, 15) is 36.0 Å². The van der Waals surface area contributed by atoms with Crippen molar-refractivity contribution in [2.45, 2.75) is 31.7 Å².